The van der Waals surface area contributed by atoms with E-state index in [4.69, 9.17) is 16.3 Å². The molecule has 0 spiro atoms. The van der Waals surface area contributed by atoms with Crippen LogP contribution in [-0.4, -0.2) is 72.5 Å². The molecule has 3 fully saturated rings. The van der Waals surface area contributed by atoms with Crippen molar-refractivity contribution in [2.45, 2.75) is 76.2 Å². The molecule has 4 aliphatic rings. The molecule has 0 radical (unpaired) electrons. The maximum Gasteiger partial charge on any atom is 0.256 e. The molecule has 3 saturated heterocycles. The highest BCUT2D eigenvalue weighted by Crippen LogP contribution is 2.39. The van der Waals surface area contributed by atoms with Crippen molar-refractivity contribution in [1.29, 1.82) is 0 Å². The average Bonchev–Trinajstić information content (AvgIpc) is 3.63. The Bertz CT molecular complexity index is 1950. The van der Waals surface area contributed by atoms with E-state index >= 15 is 8.78 Å². The molecule has 10 nitrogen and oxygen atoms in total. The van der Waals surface area contributed by atoms with Crippen LogP contribution in [0.4, 0.5) is 20.2 Å². The number of pyridine rings is 1. The number of aromatic nitrogens is 1. The van der Waals surface area contributed by atoms with Crippen LogP contribution in [-0.2, 0) is 29.7 Å². The molecule has 7 rings (SSSR count). The Morgan fingerprint density at radius 1 is 1.08 bits per heavy atom. The molecular formula is C39H45ClF2N6O4. The van der Waals surface area contributed by atoms with Crippen LogP contribution in [0.3, 0.4) is 0 Å². The number of imide groups is 1. The number of piperidine rings is 3. The number of nitrogens with zero attached hydrogens (tertiary/aromatic N) is 4. The Kier molecular flexibility index (Phi) is 10.4. The summed E-state index contributed by atoms with van der Waals surface area (Å²) in [6, 6.07) is 8.20. The number of ether oxygens (including phenoxy) is 1. The molecule has 2 aromatic carbocycles. The normalized spacial score (nSPS) is 20.6. The smallest absolute Gasteiger partial charge is 0.256 e. The minimum Gasteiger partial charge on any atom is -0.496 e. The van der Waals surface area contributed by atoms with Gasteiger partial charge in [-0.15, -0.1) is 0 Å². The first kappa shape index (κ1) is 36.1. The predicted molar refractivity (Wildman–Crippen MR) is 199 cm³/mol. The van der Waals surface area contributed by atoms with Crippen LogP contribution in [0.1, 0.15) is 68.1 Å². The number of benzene rings is 2. The number of hydrogen-bond donors (Lipinski definition) is 2. The van der Waals surface area contributed by atoms with Crippen molar-refractivity contribution in [3.8, 4) is 16.9 Å². The van der Waals surface area contributed by atoms with Crippen molar-refractivity contribution in [2.24, 2.45) is 18.0 Å². The number of carbonyl (C=O) groups excluding carboxylic acids is 2. The molecule has 4 aliphatic heterocycles. The van der Waals surface area contributed by atoms with Crippen LogP contribution in [0.2, 0.25) is 5.02 Å². The minimum atomic E-state index is -1.21. The van der Waals surface area contributed by atoms with Gasteiger partial charge in [-0.25, -0.2) is 8.78 Å². The molecule has 0 saturated carbocycles. The largest absolute Gasteiger partial charge is 0.496 e. The van der Waals surface area contributed by atoms with E-state index in [0.29, 0.717) is 98.6 Å². The van der Waals surface area contributed by atoms with Gasteiger partial charge in [0, 0.05) is 91.6 Å². The first-order valence-electron chi connectivity index (χ1n) is 18.2. The van der Waals surface area contributed by atoms with Crippen LogP contribution in [0.25, 0.3) is 11.1 Å². The molecule has 0 bridgehead atoms. The van der Waals surface area contributed by atoms with Gasteiger partial charge < -0.3 is 19.5 Å². The Morgan fingerprint density at radius 3 is 2.56 bits per heavy atom. The van der Waals surface area contributed by atoms with Crippen LogP contribution in [0.15, 0.2) is 46.3 Å². The number of amides is 2. The SMILES string of the molecule is COc1cc(-c2cn(C)c(=O)c3c2C=NC3)cc(Cl)c1CN1CCC(F)(CCC2CCN(c3ccc(NC4CCC(=O)NC4=O)cc3F)CC2)CC1. The second kappa shape index (κ2) is 15.0. The van der Waals surface area contributed by atoms with E-state index in [-0.39, 0.29) is 23.7 Å². The van der Waals surface area contributed by atoms with Gasteiger partial charge in [0.1, 0.15) is 23.3 Å². The number of carbonyl (C=O) groups is 2. The second-order valence-corrected chi connectivity index (χ2v) is 15.1. The van der Waals surface area contributed by atoms with Crippen molar-refractivity contribution in [2.75, 3.05) is 43.5 Å². The first-order chi connectivity index (χ1) is 25.0. The molecule has 2 N–H and O–H groups in total. The highest BCUT2D eigenvalue weighted by Gasteiger charge is 2.36. The Balaban J connectivity index is 0.893. The van der Waals surface area contributed by atoms with E-state index in [1.807, 2.05) is 23.2 Å². The summed E-state index contributed by atoms with van der Waals surface area (Å²) in [7, 11) is 3.36. The van der Waals surface area contributed by atoms with Gasteiger partial charge in [-0.05, 0) is 86.8 Å². The van der Waals surface area contributed by atoms with Crippen LogP contribution >= 0.6 is 11.6 Å². The number of alkyl halides is 1. The summed E-state index contributed by atoms with van der Waals surface area (Å²) in [6.45, 7) is 3.57. The molecule has 52 heavy (non-hydrogen) atoms. The van der Waals surface area contributed by atoms with Crippen molar-refractivity contribution in [3.05, 3.63) is 74.4 Å². The number of rotatable bonds is 10. The van der Waals surface area contributed by atoms with E-state index in [2.05, 4.69) is 20.5 Å². The van der Waals surface area contributed by atoms with E-state index in [9.17, 15) is 14.4 Å². The van der Waals surface area contributed by atoms with Gasteiger partial charge in [-0.2, -0.15) is 0 Å². The van der Waals surface area contributed by atoms with Crippen LogP contribution in [0, 0.1) is 11.7 Å². The number of anilines is 2. The fraction of sp³-hybridized carbons (Fsp3) is 0.487. The minimum absolute atomic E-state index is 0.0516. The third-order valence-electron chi connectivity index (χ3n) is 11.3. The number of halogens is 3. The Labute approximate surface area is 307 Å². The highest BCUT2D eigenvalue weighted by molar-refractivity contribution is 6.32. The van der Waals surface area contributed by atoms with E-state index < -0.39 is 17.6 Å². The standard InChI is InChI=1S/C39H45ClF2N6O4/c1-46-22-29(27-20-43-21-28(27)38(46)51)25-17-31(40)30(35(18-25)52-2)23-47-15-11-39(42,12-16-47)10-7-24-8-13-48(14-9-24)34-5-3-26(19-32(34)41)44-33-4-6-36(49)45-37(33)50/h3,5,17-20,22,24,33,44H,4,6-16,21,23H2,1-2H3,(H,45,49,50). The summed E-state index contributed by atoms with van der Waals surface area (Å²) in [6.07, 6.45) is 8.17. The number of methoxy groups -OCH3 is 1. The third kappa shape index (κ3) is 7.59. The second-order valence-electron chi connectivity index (χ2n) is 14.7. The van der Waals surface area contributed by atoms with Gasteiger partial charge in [0.2, 0.25) is 11.8 Å². The topological polar surface area (TPSA) is 108 Å². The van der Waals surface area contributed by atoms with Gasteiger partial charge in [-0.3, -0.25) is 29.6 Å². The lowest BCUT2D eigenvalue weighted by atomic mass is 9.83. The van der Waals surface area contributed by atoms with Crippen LogP contribution in [0.5, 0.6) is 5.75 Å². The average molecular weight is 735 g/mol. The van der Waals surface area contributed by atoms with Crippen molar-refractivity contribution in [1.82, 2.24) is 14.8 Å². The molecule has 3 aromatic rings. The van der Waals surface area contributed by atoms with E-state index in [0.717, 1.165) is 41.5 Å². The summed E-state index contributed by atoms with van der Waals surface area (Å²) in [5, 5.41) is 5.91. The van der Waals surface area contributed by atoms with Gasteiger partial charge in [0.25, 0.3) is 5.56 Å². The Hall–Kier alpha value is -4.29. The van der Waals surface area contributed by atoms with E-state index in [1.165, 1.54) is 6.07 Å². The number of nitrogens with one attached hydrogen (secondary N) is 2. The van der Waals surface area contributed by atoms with E-state index in [1.54, 1.807) is 37.1 Å². The summed E-state index contributed by atoms with van der Waals surface area (Å²) < 4.78 is 38.6. The summed E-state index contributed by atoms with van der Waals surface area (Å²) >= 11 is 6.87. The van der Waals surface area contributed by atoms with Gasteiger partial charge in [0.15, 0.2) is 0 Å². The lowest BCUT2D eigenvalue weighted by Gasteiger charge is -2.39. The van der Waals surface area contributed by atoms with Crippen molar-refractivity contribution < 1.29 is 23.1 Å². The lowest BCUT2D eigenvalue weighted by molar-refractivity contribution is -0.133. The lowest BCUT2D eigenvalue weighted by Crippen LogP contribution is -2.47. The number of fused-ring (bicyclic) bond motifs is 1. The number of aliphatic imine (C=N–C) groups is 1. The van der Waals surface area contributed by atoms with Crippen LogP contribution < -0.4 is 25.8 Å². The van der Waals surface area contributed by atoms with Crippen molar-refractivity contribution in [3.63, 3.8) is 0 Å². The molecule has 1 unspecified atom stereocenters. The van der Waals surface area contributed by atoms with Crippen molar-refractivity contribution >= 4 is 41.0 Å². The molecule has 5 heterocycles. The number of aryl methyl sites for hydroxylation is 1. The highest BCUT2D eigenvalue weighted by atomic mass is 35.5. The molecule has 1 atom stereocenters. The number of hydrogen-bond acceptors (Lipinski definition) is 8. The quantitative estimate of drug-likeness (QED) is 0.246. The fourth-order valence-corrected chi connectivity index (χ4v) is 8.34. The Morgan fingerprint density at radius 2 is 1.85 bits per heavy atom. The van der Waals surface area contributed by atoms with Gasteiger partial charge >= 0.3 is 0 Å². The third-order valence-corrected chi connectivity index (χ3v) is 11.6. The molecule has 1 aromatic heterocycles. The number of likely N-dealkylation sites (tertiary alicyclic amines) is 1. The zero-order chi connectivity index (χ0) is 36.6. The predicted octanol–water partition coefficient (Wildman–Crippen LogP) is 6.00. The van der Waals surface area contributed by atoms with Gasteiger partial charge in [-0.1, -0.05) is 11.6 Å². The zero-order valence-electron chi connectivity index (χ0n) is 29.7. The molecule has 2 amide bonds. The first-order valence-corrected chi connectivity index (χ1v) is 18.5. The molecule has 0 aliphatic carbocycles. The summed E-state index contributed by atoms with van der Waals surface area (Å²) in [4.78, 5) is 44.7. The monoisotopic (exact) mass is 734 g/mol. The fourth-order valence-electron chi connectivity index (χ4n) is 8.07. The molecule has 13 heteroatoms. The summed E-state index contributed by atoms with van der Waals surface area (Å²) in [5.41, 5.74) is 3.83. The van der Waals surface area contributed by atoms with Gasteiger partial charge in [0.05, 0.1) is 19.3 Å². The molecule has 276 valence electrons. The molecular weight excluding hydrogens is 690 g/mol. The maximum absolute atomic E-state index is 16.1. The zero-order valence-corrected chi connectivity index (χ0v) is 30.4. The maximum atomic E-state index is 16.1. The summed E-state index contributed by atoms with van der Waals surface area (Å²) in [5.74, 6) is 0.00119.